The highest BCUT2D eigenvalue weighted by Gasteiger charge is 2.35. The highest BCUT2D eigenvalue weighted by Crippen LogP contribution is 2.32. The van der Waals surface area contributed by atoms with Crippen molar-refractivity contribution in [3.8, 4) is 0 Å². The molecule has 0 aromatic heterocycles. The quantitative estimate of drug-likeness (QED) is 0.712. The molecule has 1 N–H and O–H groups in total. The number of rotatable bonds is 1. The number of nitrogens with zero attached hydrogens (tertiary/aromatic N) is 1. The average Bonchev–Trinajstić information content (AvgIpc) is 2.46. The summed E-state index contributed by atoms with van der Waals surface area (Å²) in [6, 6.07) is 0.0830. The Morgan fingerprint density at radius 3 is 2.47 bits per heavy atom. The molecule has 0 aromatic rings. The van der Waals surface area contributed by atoms with E-state index in [0.29, 0.717) is 5.41 Å². The third kappa shape index (κ3) is 3.40. The van der Waals surface area contributed by atoms with Gasteiger partial charge in [-0.3, -0.25) is 0 Å². The Kier molecular flexibility index (Phi) is 3.31. The largest absolute Gasteiger partial charge is 0.333 e. The highest BCUT2D eigenvalue weighted by molar-refractivity contribution is 5.75. The maximum atomic E-state index is 11.9. The molecule has 0 unspecified atom stereocenters. The summed E-state index contributed by atoms with van der Waals surface area (Å²) in [7, 11) is 0. The van der Waals surface area contributed by atoms with Crippen molar-refractivity contribution in [3.05, 3.63) is 0 Å². The van der Waals surface area contributed by atoms with Gasteiger partial charge in [0.05, 0.1) is 0 Å². The zero-order chi connectivity index (χ0) is 11.7. The summed E-state index contributed by atoms with van der Waals surface area (Å²) in [5.41, 5.74) is 0.192. The van der Waals surface area contributed by atoms with Crippen molar-refractivity contribution in [2.24, 2.45) is 5.41 Å². The molecule has 1 atom stereocenters. The van der Waals surface area contributed by atoms with Gasteiger partial charge in [0.2, 0.25) is 0 Å². The van der Waals surface area contributed by atoms with Gasteiger partial charge < -0.3 is 10.2 Å². The van der Waals surface area contributed by atoms with E-state index >= 15 is 0 Å². The van der Waals surface area contributed by atoms with Gasteiger partial charge >= 0.3 is 6.03 Å². The molecule has 0 spiro atoms. The van der Waals surface area contributed by atoms with Crippen LogP contribution in [0.25, 0.3) is 0 Å². The number of hydrogen-bond donors (Lipinski definition) is 1. The molecule has 0 bridgehead atoms. The Bertz CT molecular complexity index is 244. The van der Waals surface area contributed by atoms with E-state index in [2.05, 4.69) is 19.2 Å². The number of nitrogens with one attached hydrogen (secondary N) is 1. The van der Waals surface area contributed by atoms with Crippen LogP contribution in [0.15, 0.2) is 0 Å². The number of carbonyl (C=O) groups excluding carboxylic acids is 1. The predicted molar refractivity (Wildman–Crippen MR) is 62.9 cm³/mol. The van der Waals surface area contributed by atoms with E-state index < -0.39 is 0 Å². The molecule has 15 heavy (non-hydrogen) atoms. The molecule has 88 valence electrons. The predicted octanol–water partition coefficient (Wildman–Crippen LogP) is 2.62. The minimum Gasteiger partial charge on any atom is -0.333 e. The lowest BCUT2D eigenvalue weighted by atomic mass is 9.87. The van der Waals surface area contributed by atoms with Gasteiger partial charge in [0, 0.05) is 18.6 Å². The SMILES string of the molecule is CC[C@]1(C)CCN(C(=O)NC(C)(C)C)C1. The zero-order valence-corrected chi connectivity index (χ0v) is 10.7. The van der Waals surface area contributed by atoms with Crippen LogP contribution in [0.1, 0.15) is 47.5 Å². The first-order valence-electron chi connectivity index (χ1n) is 5.83. The van der Waals surface area contributed by atoms with Crippen LogP contribution in [0, 0.1) is 5.41 Å². The second-order valence-electron chi connectivity index (χ2n) is 6.02. The molecule has 1 rings (SSSR count). The van der Waals surface area contributed by atoms with E-state index in [4.69, 9.17) is 0 Å². The lowest BCUT2D eigenvalue weighted by molar-refractivity contribution is 0.192. The van der Waals surface area contributed by atoms with Gasteiger partial charge in [-0.05, 0) is 39.0 Å². The molecular weight excluding hydrogens is 188 g/mol. The van der Waals surface area contributed by atoms with E-state index in [9.17, 15) is 4.79 Å². The lowest BCUT2D eigenvalue weighted by Crippen LogP contribution is -2.48. The second-order valence-corrected chi connectivity index (χ2v) is 6.02. The van der Waals surface area contributed by atoms with Gasteiger partial charge in [0.1, 0.15) is 0 Å². The zero-order valence-electron chi connectivity index (χ0n) is 10.7. The lowest BCUT2D eigenvalue weighted by Gasteiger charge is -2.27. The van der Waals surface area contributed by atoms with Gasteiger partial charge in [-0.1, -0.05) is 13.8 Å². The van der Waals surface area contributed by atoms with E-state index in [1.54, 1.807) is 0 Å². The van der Waals surface area contributed by atoms with E-state index in [1.807, 2.05) is 25.7 Å². The topological polar surface area (TPSA) is 32.3 Å². The van der Waals surface area contributed by atoms with Gasteiger partial charge in [0.25, 0.3) is 0 Å². The van der Waals surface area contributed by atoms with Crippen molar-refractivity contribution in [3.63, 3.8) is 0 Å². The first-order valence-corrected chi connectivity index (χ1v) is 5.83. The summed E-state index contributed by atoms with van der Waals surface area (Å²) < 4.78 is 0. The standard InChI is InChI=1S/C12H24N2O/c1-6-12(5)7-8-14(9-12)10(15)13-11(2,3)4/h6-9H2,1-5H3,(H,13,15)/t12-/m1/s1. The Morgan fingerprint density at radius 2 is 2.07 bits per heavy atom. The molecular formula is C12H24N2O. The van der Waals surface area contributed by atoms with Crippen molar-refractivity contribution < 1.29 is 4.79 Å². The van der Waals surface area contributed by atoms with Crippen LogP contribution in [0.4, 0.5) is 4.79 Å². The molecule has 1 aliphatic heterocycles. The Balaban J connectivity index is 2.51. The number of amides is 2. The molecule has 2 amide bonds. The van der Waals surface area contributed by atoms with Crippen LogP contribution in [0.3, 0.4) is 0 Å². The summed E-state index contributed by atoms with van der Waals surface area (Å²) in [6.07, 6.45) is 2.27. The van der Waals surface area contributed by atoms with E-state index in [0.717, 1.165) is 25.9 Å². The van der Waals surface area contributed by atoms with Gasteiger partial charge in [0.15, 0.2) is 0 Å². The number of carbonyl (C=O) groups is 1. The summed E-state index contributed by atoms with van der Waals surface area (Å²) in [5, 5.41) is 3.01. The molecule has 0 aliphatic carbocycles. The van der Waals surface area contributed by atoms with Crippen LogP contribution < -0.4 is 5.32 Å². The molecule has 1 saturated heterocycles. The molecule has 1 aliphatic rings. The molecule has 3 heteroatoms. The molecule has 0 radical (unpaired) electrons. The first kappa shape index (κ1) is 12.3. The van der Waals surface area contributed by atoms with Crippen LogP contribution >= 0.6 is 0 Å². The Morgan fingerprint density at radius 1 is 1.47 bits per heavy atom. The maximum absolute atomic E-state index is 11.9. The normalized spacial score (nSPS) is 26.9. The molecule has 1 fully saturated rings. The van der Waals surface area contributed by atoms with Gasteiger partial charge in [-0.15, -0.1) is 0 Å². The fourth-order valence-electron chi connectivity index (χ4n) is 1.89. The van der Waals surface area contributed by atoms with Crippen molar-refractivity contribution in [2.45, 2.75) is 53.0 Å². The fourth-order valence-corrected chi connectivity index (χ4v) is 1.89. The summed E-state index contributed by atoms with van der Waals surface area (Å²) >= 11 is 0. The molecule has 0 aromatic carbocycles. The maximum Gasteiger partial charge on any atom is 0.317 e. The van der Waals surface area contributed by atoms with Crippen molar-refractivity contribution in [1.82, 2.24) is 10.2 Å². The number of urea groups is 1. The monoisotopic (exact) mass is 212 g/mol. The van der Waals surface area contributed by atoms with Crippen LogP contribution in [0.5, 0.6) is 0 Å². The Labute approximate surface area is 93.2 Å². The molecule has 1 heterocycles. The van der Waals surface area contributed by atoms with E-state index in [-0.39, 0.29) is 11.6 Å². The van der Waals surface area contributed by atoms with Crippen molar-refractivity contribution in [1.29, 1.82) is 0 Å². The van der Waals surface area contributed by atoms with Crippen LogP contribution in [-0.2, 0) is 0 Å². The Hall–Kier alpha value is -0.730. The van der Waals surface area contributed by atoms with Gasteiger partial charge in [-0.2, -0.15) is 0 Å². The van der Waals surface area contributed by atoms with Gasteiger partial charge in [-0.25, -0.2) is 4.79 Å². The van der Waals surface area contributed by atoms with Crippen LogP contribution in [-0.4, -0.2) is 29.6 Å². The summed E-state index contributed by atoms with van der Waals surface area (Å²) in [4.78, 5) is 13.8. The number of likely N-dealkylation sites (tertiary alicyclic amines) is 1. The average molecular weight is 212 g/mol. The fraction of sp³-hybridized carbons (Fsp3) is 0.917. The third-order valence-electron chi connectivity index (χ3n) is 3.18. The van der Waals surface area contributed by atoms with Crippen molar-refractivity contribution in [2.75, 3.05) is 13.1 Å². The van der Waals surface area contributed by atoms with Crippen molar-refractivity contribution >= 4 is 6.03 Å². The number of hydrogen-bond acceptors (Lipinski definition) is 1. The van der Waals surface area contributed by atoms with Crippen LogP contribution in [0.2, 0.25) is 0 Å². The highest BCUT2D eigenvalue weighted by atomic mass is 16.2. The first-order chi connectivity index (χ1) is 6.76. The minimum atomic E-state index is -0.137. The smallest absolute Gasteiger partial charge is 0.317 e. The third-order valence-corrected chi connectivity index (χ3v) is 3.18. The second kappa shape index (κ2) is 4.03. The summed E-state index contributed by atoms with van der Waals surface area (Å²) in [5.74, 6) is 0. The minimum absolute atomic E-state index is 0.0830. The summed E-state index contributed by atoms with van der Waals surface area (Å²) in [6.45, 7) is 12.3. The molecule has 0 saturated carbocycles. The van der Waals surface area contributed by atoms with E-state index in [1.165, 1.54) is 0 Å². The molecule has 3 nitrogen and oxygen atoms in total.